The molecule has 1 atom stereocenters. The van der Waals surface area contributed by atoms with Crippen molar-refractivity contribution >= 4 is 5.97 Å². The van der Waals surface area contributed by atoms with Crippen molar-refractivity contribution in [3.63, 3.8) is 0 Å². The number of carboxylic acid groups (broad SMARTS) is 1. The van der Waals surface area contributed by atoms with Crippen LogP contribution in [0.3, 0.4) is 0 Å². The molecule has 5 nitrogen and oxygen atoms in total. The first-order valence-corrected chi connectivity index (χ1v) is 7.85. The van der Waals surface area contributed by atoms with E-state index in [-0.39, 0.29) is 12.7 Å². The molecule has 122 valence electrons. The molecule has 1 aromatic rings. The maximum atomic E-state index is 11.7. The zero-order chi connectivity index (χ0) is 16.1. The van der Waals surface area contributed by atoms with Crippen molar-refractivity contribution in [2.24, 2.45) is 5.92 Å². The van der Waals surface area contributed by atoms with Crippen LogP contribution >= 0.6 is 0 Å². The number of likely N-dealkylation sites (tertiary alicyclic amines) is 1. The molecular weight excluding hydrogens is 282 g/mol. The van der Waals surface area contributed by atoms with Crippen molar-refractivity contribution < 1.29 is 19.7 Å². The second-order valence-electron chi connectivity index (χ2n) is 6.14. The van der Waals surface area contributed by atoms with E-state index in [1.165, 1.54) is 0 Å². The lowest BCUT2D eigenvalue weighted by Gasteiger charge is -2.35. The zero-order valence-corrected chi connectivity index (χ0v) is 13.2. The predicted octanol–water partition coefficient (Wildman–Crippen LogP) is 2.30. The van der Waals surface area contributed by atoms with Crippen molar-refractivity contribution in [2.75, 3.05) is 19.7 Å². The molecule has 0 bridgehead atoms. The molecule has 2 N–H and O–H groups in total. The third kappa shape index (κ3) is 4.21. The molecule has 1 aliphatic heterocycles. The third-order valence-corrected chi connectivity index (χ3v) is 4.07. The van der Waals surface area contributed by atoms with Gasteiger partial charge in [-0.05, 0) is 63.4 Å². The van der Waals surface area contributed by atoms with Crippen molar-refractivity contribution in [3.05, 3.63) is 29.8 Å². The average Bonchev–Trinajstić information content (AvgIpc) is 2.49. The van der Waals surface area contributed by atoms with Gasteiger partial charge < -0.3 is 14.9 Å². The number of aliphatic hydroxyl groups excluding tert-OH is 1. The van der Waals surface area contributed by atoms with Gasteiger partial charge in [0.2, 0.25) is 0 Å². The molecule has 0 saturated carbocycles. The van der Waals surface area contributed by atoms with Gasteiger partial charge in [0.15, 0.2) is 0 Å². The molecule has 2 rings (SSSR count). The lowest BCUT2D eigenvalue weighted by Crippen LogP contribution is -2.40. The summed E-state index contributed by atoms with van der Waals surface area (Å²) in [6.45, 7) is 5.50. The number of hydrogen-bond acceptors (Lipinski definition) is 4. The number of carboxylic acids is 1. The van der Waals surface area contributed by atoms with Crippen molar-refractivity contribution in [1.29, 1.82) is 0 Å². The summed E-state index contributed by atoms with van der Waals surface area (Å²) in [4.78, 5) is 13.7. The van der Waals surface area contributed by atoms with E-state index >= 15 is 0 Å². The lowest BCUT2D eigenvalue weighted by molar-refractivity contribution is -0.144. The number of benzene rings is 1. The van der Waals surface area contributed by atoms with E-state index in [4.69, 9.17) is 4.74 Å². The molecule has 22 heavy (non-hydrogen) atoms. The highest BCUT2D eigenvalue weighted by molar-refractivity contribution is 5.75. The fraction of sp³-hybridized carbons (Fsp3) is 0.588. The minimum atomic E-state index is -0.833. The van der Waals surface area contributed by atoms with Crippen LogP contribution in [0.25, 0.3) is 0 Å². The van der Waals surface area contributed by atoms with Gasteiger partial charge in [0.05, 0.1) is 6.10 Å². The van der Waals surface area contributed by atoms with Crippen molar-refractivity contribution in [3.8, 4) is 5.75 Å². The Morgan fingerprint density at radius 3 is 2.32 bits per heavy atom. The molecule has 0 unspecified atom stereocenters. The monoisotopic (exact) mass is 307 g/mol. The SMILES string of the molecule is CC(C)Oc1ccc([C@H](C(=O)O)N2CCC(CO)CC2)cc1. The first-order valence-electron chi connectivity index (χ1n) is 7.85. The van der Waals surface area contributed by atoms with Crippen LogP contribution in [0, 0.1) is 5.92 Å². The number of piperidine rings is 1. The summed E-state index contributed by atoms with van der Waals surface area (Å²) in [7, 11) is 0. The molecule has 5 heteroatoms. The molecule has 1 aromatic carbocycles. The lowest BCUT2D eigenvalue weighted by atomic mass is 9.95. The van der Waals surface area contributed by atoms with Crippen LogP contribution in [0.15, 0.2) is 24.3 Å². The number of aliphatic hydroxyl groups is 1. The molecule has 1 fully saturated rings. The van der Waals surface area contributed by atoms with Gasteiger partial charge in [-0.25, -0.2) is 0 Å². The topological polar surface area (TPSA) is 70.0 Å². The summed E-state index contributed by atoms with van der Waals surface area (Å²) >= 11 is 0. The van der Waals surface area contributed by atoms with Gasteiger partial charge in [-0.3, -0.25) is 9.69 Å². The van der Waals surface area contributed by atoms with E-state index in [2.05, 4.69) is 0 Å². The number of hydrogen-bond donors (Lipinski definition) is 2. The Labute approximate surface area is 131 Å². The van der Waals surface area contributed by atoms with E-state index in [0.29, 0.717) is 19.0 Å². The maximum absolute atomic E-state index is 11.7. The molecule has 0 aromatic heterocycles. The zero-order valence-electron chi connectivity index (χ0n) is 13.2. The summed E-state index contributed by atoms with van der Waals surface area (Å²) in [6.07, 6.45) is 1.78. The van der Waals surface area contributed by atoms with Crippen LogP contribution in [0.4, 0.5) is 0 Å². The van der Waals surface area contributed by atoms with Crippen LogP contribution < -0.4 is 4.74 Å². The molecule has 0 spiro atoms. The van der Waals surface area contributed by atoms with Gasteiger partial charge in [0, 0.05) is 6.61 Å². The Hall–Kier alpha value is -1.59. The second kappa shape index (κ2) is 7.61. The maximum Gasteiger partial charge on any atom is 0.325 e. The number of ether oxygens (including phenoxy) is 1. The van der Waals surface area contributed by atoms with Gasteiger partial charge in [-0.15, -0.1) is 0 Å². The van der Waals surface area contributed by atoms with E-state index in [0.717, 1.165) is 24.2 Å². The van der Waals surface area contributed by atoms with Gasteiger partial charge in [0.25, 0.3) is 0 Å². The van der Waals surface area contributed by atoms with Crippen molar-refractivity contribution in [2.45, 2.75) is 38.8 Å². The Kier molecular flexibility index (Phi) is 5.80. The average molecular weight is 307 g/mol. The molecule has 1 saturated heterocycles. The van der Waals surface area contributed by atoms with Crippen LogP contribution in [-0.2, 0) is 4.79 Å². The van der Waals surface area contributed by atoms with Crippen LogP contribution in [0.2, 0.25) is 0 Å². The Morgan fingerprint density at radius 1 is 1.27 bits per heavy atom. The molecule has 0 aliphatic carbocycles. The number of aliphatic carboxylic acids is 1. The number of carbonyl (C=O) groups is 1. The summed E-state index contributed by atoms with van der Waals surface area (Å²) in [5.74, 6) is 0.217. The van der Waals surface area contributed by atoms with E-state index in [1.54, 1.807) is 0 Å². The standard InChI is InChI=1S/C17H25NO4/c1-12(2)22-15-5-3-14(4-6-15)16(17(20)21)18-9-7-13(11-19)8-10-18/h3-6,12-13,16,19H,7-11H2,1-2H3,(H,20,21)/t16-/m1/s1. The number of rotatable bonds is 6. The molecule has 0 radical (unpaired) electrons. The van der Waals surface area contributed by atoms with Crippen LogP contribution in [-0.4, -0.2) is 46.9 Å². The summed E-state index contributed by atoms with van der Waals surface area (Å²) < 4.78 is 5.59. The van der Waals surface area contributed by atoms with Gasteiger partial charge in [-0.2, -0.15) is 0 Å². The van der Waals surface area contributed by atoms with Crippen LogP contribution in [0.5, 0.6) is 5.75 Å². The van der Waals surface area contributed by atoms with Gasteiger partial charge in [0.1, 0.15) is 11.8 Å². The highest BCUT2D eigenvalue weighted by Gasteiger charge is 2.30. The van der Waals surface area contributed by atoms with Gasteiger partial charge in [-0.1, -0.05) is 12.1 Å². The summed E-state index contributed by atoms with van der Waals surface area (Å²) in [5.41, 5.74) is 0.769. The Balaban J connectivity index is 2.09. The minimum absolute atomic E-state index is 0.0960. The highest BCUT2D eigenvalue weighted by Crippen LogP contribution is 2.28. The van der Waals surface area contributed by atoms with E-state index in [1.807, 2.05) is 43.0 Å². The van der Waals surface area contributed by atoms with Gasteiger partial charge >= 0.3 is 5.97 Å². The largest absolute Gasteiger partial charge is 0.491 e. The Morgan fingerprint density at radius 2 is 1.86 bits per heavy atom. The fourth-order valence-corrected chi connectivity index (χ4v) is 2.90. The molecule has 1 aliphatic rings. The number of nitrogens with zero attached hydrogens (tertiary/aromatic N) is 1. The summed E-state index contributed by atoms with van der Waals surface area (Å²) in [5, 5.41) is 18.8. The molecule has 1 heterocycles. The van der Waals surface area contributed by atoms with Crippen LogP contribution in [0.1, 0.15) is 38.3 Å². The normalized spacial score (nSPS) is 18.4. The summed E-state index contributed by atoms with van der Waals surface area (Å²) in [6, 6.07) is 6.67. The highest BCUT2D eigenvalue weighted by atomic mass is 16.5. The molecular formula is C17H25NO4. The quantitative estimate of drug-likeness (QED) is 0.844. The van der Waals surface area contributed by atoms with E-state index in [9.17, 15) is 15.0 Å². The Bertz CT molecular complexity index is 478. The third-order valence-electron chi connectivity index (χ3n) is 4.07. The first kappa shape index (κ1) is 16.8. The minimum Gasteiger partial charge on any atom is -0.491 e. The van der Waals surface area contributed by atoms with E-state index < -0.39 is 12.0 Å². The molecule has 0 amide bonds. The first-order chi connectivity index (χ1) is 10.5. The predicted molar refractivity (Wildman–Crippen MR) is 84.0 cm³/mol. The fourth-order valence-electron chi connectivity index (χ4n) is 2.90. The van der Waals surface area contributed by atoms with Crippen molar-refractivity contribution in [1.82, 2.24) is 4.90 Å². The smallest absolute Gasteiger partial charge is 0.325 e. The second-order valence-corrected chi connectivity index (χ2v) is 6.14.